The van der Waals surface area contributed by atoms with Crippen LogP contribution in [-0.4, -0.2) is 15.5 Å². The molecule has 5 aromatic rings. The highest BCUT2D eigenvalue weighted by molar-refractivity contribution is 6.35. The Bertz CT molecular complexity index is 1660. The zero-order chi connectivity index (χ0) is 24.4. The van der Waals surface area contributed by atoms with E-state index in [0.29, 0.717) is 43.8 Å². The lowest BCUT2D eigenvalue weighted by molar-refractivity contribution is 0.582. The van der Waals surface area contributed by atoms with Gasteiger partial charge >= 0.3 is 0 Å². The van der Waals surface area contributed by atoms with Gasteiger partial charge in [-0.1, -0.05) is 53.5 Å². The molecule has 9 heteroatoms. The first-order valence-corrected chi connectivity index (χ1v) is 11.3. The van der Waals surface area contributed by atoms with Crippen LogP contribution in [0.4, 0.5) is 5.69 Å². The van der Waals surface area contributed by atoms with E-state index >= 15 is 0 Å². The molecule has 0 spiro atoms. The average molecular weight is 502 g/mol. The predicted octanol–water partition coefficient (Wildman–Crippen LogP) is 7.27. The van der Waals surface area contributed by atoms with Crippen molar-refractivity contribution < 1.29 is 4.42 Å². The highest BCUT2D eigenvalue weighted by atomic mass is 35.5. The summed E-state index contributed by atoms with van der Waals surface area (Å²) in [5, 5.41) is 14.5. The van der Waals surface area contributed by atoms with Crippen molar-refractivity contribution in [3.8, 4) is 11.3 Å². The first kappa shape index (κ1) is 22.7. The number of aromatic nitrogens is 2. The Morgan fingerprint density at radius 1 is 0.971 bits per heavy atom. The van der Waals surface area contributed by atoms with Gasteiger partial charge in [0.2, 0.25) is 5.84 Å². The molecule has 3 aromatic carbocycles. The quantitative estimate of drug-likeness (QED) is 0.147. The minimum atomic E-state index is -0.316. The van der Waals surface area contributed by atoms with Gasteiger partial charge in [0.25, 0.3) is 5.56 Å². The first-order valence-electron chi connectivity index (χ1n) is 10.6. The van der Waals surface area contributed by atoms with Gasteiger partial charge in [-0.15, -0.1) is 15.3 Å². The van der Waals surface area contributed by atoms with Gasteiger partial charge in [-0.25, -0.2) is 4.98 Å². The summed E-state index contributed by atoms with van der Waals surface area (Å²) in [6.07, 6.45) is 1.60. The lowest BCUT2D eigenvalue weighted by Gasteiger charge is -2.08. The predicted molar refractivity (Wildman–Crippen MR) is 138 cm³/mol. The largest absolute Gasteiger partial charge is 0.464 e. The zero-order valence-corrected chi connectivity index (χ0v) is 19.9. The Hall–Kier alpha value is -4.07. The van der Waals surface area contributed by atoms with E-state index in [2.05, 4.69) is 20.3 Å². The summed E-state index contributed by atoms with van der Waals surface area (Å²) in [5.41, 5.74) is 2.07. The number of furan rings is 1. The van der Waals surface area contributed by atoms with E-state index in [1.165, 1.54) is 4.68 Å². The summed E-state index contributed by atoms with van der Waals surface area (Å²) in [7, 11) is 0. The second kappa shape index (κ2) is 9.66. The normalized spacial score (nSPS) is 12.0. The fourth-order valence-electron chi connectivity index (χ4n) is 3.50. The Labute approximate surface area is 210 Å². The summed E-state index contributed by atoms with van der Waals surface area (Å²) < 4.78 is 6.74. The SMILES string of the molecule is Cc1nc2ccccc2c(=O)n1/N=C(\N=Nc1cc(Cl)ccc1Cl)c1cccc(-c2ccco2)c1. The fraction of sp³-hybridized carbons (Fsp3) is 0.0385. The monoisotopic (exact) mass is 501 g/mol. The Morgan fingerprint density at radius 3 is 2.66 bits per heavy atom. The number of benzene rings is 3. The molecule has 0 atom stereocenters. The number of azo groups is 1. The molecule has 7 nitrogen and oxygen atoms in total. The number of hydrogen-bond acceptors (Lipinski definition) is 5. The Balaban J connectivity index is 1.69. The fourth-order valence-corrected chi connectivity index (χ4v) is 3.82. The molecule has 0 N–H and O–H groups in total. The van der Waals surface area contributed by atoms with E-state index in [1.807, 2.05) is 42.5 Å². The lowest BCUT2D eigenvalue weighted by atomic mass is 10.1. The van der Waals surface area contributed by atoms with Gasteiger partial charge in [0.05, 0.1) is 22.2 Å². The van der Waals surface area contributed by atoms with Crippen molar-refractivity contribution in [2.24, 2.45) is 15.3 Å². The molecule has 0 unspecified atom stereocenters. The van der Waals surface area contributed by atoms with E-state index in [4.69, 9.17) is 27.6 Å². The summed E-state index contributed by atoms with van der Waals surface area (Å²) in [4.78, 5) is 17.7. The average Bonchev–Trinajstić information content (AvgIpc) is 3.41. The third kappa shape index (κ3) is 4.77. The number of aryl methyl sites for hydroxylation is 1. The molecule has 0 saturated carbocycles. The molecule has 172 valence electrons. The number of halogens is 2. The second-order valence-corrected chi connectivity index (χ2v) is 8.41. The number of nitrogens with zero attached hydrogens (tertiary/aromatic N) is 5. The van der Waals surface area contributed by atoms with Crippen LogP contribution in [-0.2, 0) is 0 Å². The van der Waals surface area contributed by atoms with E-state index < -0.39 is 0 Å². The van der Waals surface area contributed by atoms with Crippen molar-refractivity contribution in [2.45, 2.75) is 6.92 Å². The summed E-state index contributed by atoms with van der Waals surface area (Å²) in [5.74, 6) is 1.27. The lowest BCUT2D eigenvalue weighted by Crippen LogP contribution is -2.22. The van der Waals surface area contributed by atoms with Gasteiger partial charge in [-0.3, -0.25) is 4.79 Å². The van der Waals surface area contributed by atoms with Gasteiger partial charge in [0.15, 0.2) is 0 Å². The van der Waals surface area contributed by atoms with Gasteiger partial charge in [-0.2, -0.15) is 4.68 Å². The molecule has 0 aliphatic carbocycles. The zero-order valence-electron chi connectivity index (χ0n) is 18.4. The van der Waals surface area contributed by atoms with Gasteiger partial charge in [0.1, 0.15) is 17.3 Å². The molecule has 0 aliphatic rings. The Morgan fingerprint density at radius 2 is 1.83 bits per heavy atom. The molecular weight excluding hydrogens is 485 g/mol. The molecule has 2 aromatic heterocycles. The number of rotatable bonds is 4. The first-order chi connectivity index (χ1) is 17.0. The van der Waals surface area contributed by atoms with Crippen molar-refractivity contribution in [3.05, 3.63) is 117 Å². The van der Waals surface area contributed by atoms with Crippen LogP contribution in [0.5, 0.6) is 0 Å². The van der Waals surface area contributed by atoms with Crippen molar-refractivity contribution in [1.29, 1.82) is 0 Å². The maximum atomic E-state index is 13.2. The molecule has 0 saturated heterocycles. The molecule has 0 bridgehead atoms. The number of hydrogen-bond donors (Lipinski definition) is 0. The van der Waals surface area contributed by atoms with Crippen LogP contribution in [0, 0.1) is 6.92 Å². The number of fused-ring (bicyclic) bond motifs is 1. The third-order valence-corrected chi connectivity index (χ3v) is 5.75. The summed E-state index contributed by atoms with van der Waals surface area (Å²) in [6.45, 7) is 1.71. The maximum absolute atomic E-state index is 13.2. The van der Waals surface area contributed by atoms with E-state index in [9.17, 15) is 4.79 Å². The summed E-state index contributed by atoms with van der Waals surface area (Å²) >= 11 is 12.4. The molecule has 35 heavy (non-hydrogen) atoms. The van der Waals surface area contributed by atoms with Crippen molar-refractivity contribution in [1.82, 2.24) is 9.66 Å². The van der Waals surface area contributed by atoms with Crippen LogP contribution in [0.15, 0.2) is 110 Å². The van der Waals surface area contributed by atoms with Crippen molar-refractivity contribution in [2.75, 3.05) is 0 Å². The smallest absolute Gasteiger partial charge is 0.282 e. The van der Waals surface area contributed by atoms with E-state index in [-0.39, 0.29) is 11.4 Å². The molecule has 0 fully saturated rings. The molecular formula is C26H17Cl2N5O2. The minimum absolute atomic E-state index is 0.178. The highest BCUT2D eigenvalue weighted by Crippen LogP contribution is 2.29. The van der Waals surface area contributed by atoms with Crippen LogP contribution in [0.25, 0.3) is 22.2 Å². The molecule has 0 amide bonds. The van der Waals surface area contributed by atoms with E-state index in [1.54, 1.807) is 49.6 Å². The summed E-state index contributed by atoms with van der Waals surface area (Å²) in [6, 6.07) is 23.1. The third-order valence-electron chi connectivity index (χ3n) is 5.20. The minimum Gasteiger partial charge on any atom is -0.464 e. The number of para-hydroxylation sites is 1. The van der Waals surface area contributed by atoms with Gasteiger partial charge < -0.3 is 4.42 Å². The number of amidine groups is 1. The van der Waals surface area contributed by atoms with Gasteiger partial charge in [0, 0.05) is 16.1 Å². The van der Waals surface area contributed by atoms with Crippen LogP contribution >= 0.6 is 23.2 Å². The topological polar surface area (TPSA) is 85.1 Å². The highest BCUT2D eigenvalue weighted by Gasteiger charge is 2.12. The molecule has 0 radical (unpaired) electrons. The van der Waals surface area contributed by atoms with Crippen molar-refractivity contribution in [3.63, 3.8) is 0 Å². The van der Waals surface area contributed by atoms with E-state index in [0.717, 1.165) is 5.56 Å². The van der Waals surface area contributed by atoms with Gasteiger partial charge in [-0.05, 0) is 55.5 Å². The second-order valence-electron chi connectivity index (χ2n) is 7.57. The Kier molecular flexibility index (Phi) is 6.27. The molecule has 2 heterocycles. The standard InChI is InChI=1S/C26H17Cl2N5O2/c1-16-29-22-9-3-2-8-20(22)26(34)33(16)32-25(31-30-23-15-19(27)11-12-21(23)28)18-7-4-6-17(14-18)24-10-5-13-35-24/h2-15H,1H3/b31-30?,32-25-. The van der Waals surface area contributed by atoms with Crippen LogP contribution in [0.1, 0.15) is 11.4 Å². The molecule has 5 rings (SSSR count). The van der Waals surface area contributed by atoms with Crippen molar-refractivity contribution >= 4 is 45.6 Å². The van der Waals surface area contributed by atoms with Crippen LogP contribution in [0.2, 0.25) is 10.0 Å². The van der Waals surface area contributed by atoms with Crippen LogP contribution in [0.3, 0.4) is 0 Å². The maximum Gasteiger partial charge on any atom is 0.282 e. The molecule has 0 aliphatic heterocycles. The van der Waals surface area contributed by atoms with Crippen LogP contribution < -0.4 is 5.56 Å².